The van der Waals surface area contributed by atoms with Gasteiger partial charge in [0.1, 0.15) is 22.5 Å². The zero-order valence-corrected chi connectivity index (χ0v) is 21.0. The fraction of sp³-hybridized carbons (Fsp3) is 0.533. The first-order valence-electron chi connectivity index (χ1n) is 13.5. The number of esters is 1. The molecular formula is C30H31NO3S. The standard InChI is InChI=1S/C30H31NO3S/c1-29-15-13-19-17-11-12-24-21(5-4-8-26(32)33-24)18(17)9-10-20(19)22(29)14-16-30(29)27(34-30)28-31-23-6-2-3-7-25(23)35-28/h2-3,6-7,11-12,19-20,22,27H,4-5,8-10,13-16H2,1H3/t19-,20-,22+,27-,29+,30+/m1/s1. The van der Waals surface area contributed by atoms with E-state index < -0.39 is 0 Å². The number of carbonyl (C=O) groups excluding carboxylic acids is 1. The van der Waals surface area contributed by atoms with Gasteiger partial charge in [-0.3, -0.25) is 4.79 Å². The molecule has 3 aliphatic carbocycles. The summed E-state index contributed by atoms with van der Waals surface area (Å²) >= 11 is 1.82. The number of hydrogen-bond acceptors (Lipinski definition) is 5. The largest absolute Gasteiger partial charge is 0.426 e. The van der Waals surface area contributed by atoms with Gasteiger partial charge in [0.25, 0.3) is 0 Å². The van der Waals surface area contributed by atoms with Crippen LogP contribution in [0.5, 0.6) is 5.75 Å². The van der Waals surface area contributed by atoms with Crippen molar-refractivity contribution in [2.45, 2.75) is 82.3 Å². The van der Waals surface area contributed by atoms with Gasteiger partial charge in [-0.2, -0.15) is 0 Å². The minimum absolute atomic E-state index is 0.0151. The van der Waals surface area contributed by atoms with Gasteiger partial charge < -0.3 is 9.47 Å². The van der Waals surface area contributed by atoms with Crippen LogP contribution in [0.4, 0.5) is 0 Å². The second-order valence-electron chi connectivity index (χ2n) is 11.8. The van der Waals surface area contributed by atoms with Crippen molar-refractivity contribution in [1.29, 1.82) is 0 Å². The lowest BCUT2D eigenvalue weighted by atomic mass is 9.53. The third-order valence-corrected chi connectivity index (χ3v) is 11.5. The van der Waals surface area contributed by atoms with Crippen molar-refractivity contribution < 1.29 is 14.3 Å². The highest BCUT2D eigenvalue weighted by Crippen LogP contribution is 2.75. The molecule has 180 valence electrons. The fourth-order valence-corrected chi connectivity index (χ4v) is 9.84. The Bertz CT molecular complexity index is 1350. The summed E-state index contributed by atoms with van der Waals surface area (Å²) in [6.07, 6.45) is 9.88. The summed E-state index contributed by atoms with van der Waals surface area (Å²) in [6, 6.07) is 12.9. The van der Waals surface area contributed by atoms with Crippen LogP contribution in [0.1, 0.15) is 85.6 Å². The van der Waals surface area contributed by atoms with Gasteiger partial charge >= 0.3 is 5.97 Å². The van der Waals surface area contributed by atoms with Gasteiger partial charge in [0.05, 0.1) is 10.2 Å². The first-order chi connectivity index (χ1) is 17.1. The highest BCUT2D eigenvalue weighted by Gasteiger charge is 2.74. The molecule has 2 aliphatic heterocycles. The van der Waals surface area contributed by atoms with Gasteiger partial charge in [-0.1, -0.05) is 25.1 Å². The predicted molar refractivity (Wildman–Crippen MR) is 136 cm³/mol. The van der Waals surface area contributed by atoms with Gasteiger partial charge in [0.15, 0.2) is 0 Å². The summed E-state index contributed by atoms with van der Waals surface area (Å²) in [5.74, 6) is 2.83. The number of aromatic nitrogens is 1. The number of para-hydroxylation sites is 1. The van der Waals surface area contributed by atoms with E-state index in [-0.39, 0.29) is 23.1 Å². The molecule has 35 heavy (non-hydrogen) atoms. The van der Waals surface area contributed by atoms with E-state index in [1.54, 1.807) is 5.56 Å². The van der Waals surface area contributed by atoms with Gasteiger partial charge in [-0.25, -0.2) is 4.98 Å². The smallest absolute Gasteiger partial charge is 0.311 e. The summed E-state index contributed by atoms with van der Waals surface area (Å²) in [4.78, 5) is 17.0. The van der Waals surface area contributed by atoms with Crippen molar-refractivity contribution in [3.8, 4) is 5.75 Å². The molecule has 3 heterocycles. The number of fused-ring (bicyclic) bond motifs is 9. The van der Waals surface area contributed by atoms with E-state index in [9.17, 15) is 4.79 Å². The number of nitrogens with zero attached hydrogens (tertiary/aromatic N) is 1. The summed E-state index contributed by atoms with van der Waals surface area (Å²) < 4.78 is 13.7. The van der Waals surface area contributed by atoms with Gasteiger partial charge in [0, 0.05) is 11.8 Å². The molecule has 6 atom stereocenters. The number of hydrogen-bond donors (Lipinski definition) is 0. The van der Waals surface area contributed by atoms with E-state index in [0.29, 0.717) is 18.3 Å². The highest BCUT2D eigenvalue weighted by atomic mass is 32.1. The average Bonchev–Trinajstić information content (AvgIpc) is 3.40. The maximum Gasteiger partial charge on any atom is 0.311 e. The van der Waals surface area contributed by atoms with Crippen LogP contribution in [-0.4, -0.2) is 16.6 Å². The lowest BCUT2D eigenvalue weighted by molar-refractivity contribution is -0.134. The number of rotatable bonds is 1. The first kappa shape index (κ1) is 20.9. The Morgan fingerprint density at radius 1 is 1.00 bits per heavy atom. The number of ether oxygens (including phenoxy) is 2. The van der Waals surface area contributed by atoms with Crippen molar-refractivity contribution in [1.82, 2.24) is 4.98 Å². The zero-order chi connectivity index (χ0) is 23.4. The maximum absolute atomic E-state index is 12.0. The molecule has 1 aromatic heterocycles. The molecule has 0 amide bonds. The molecule has 1 spiro atoms. The fourth-order valence-electron chi connectivity index (χ4n) is 8.76. The van der Waals surface area contributed by atoms with Crippen LogP contribution in [0.25, 0.3) is 10.2 Å². The van der Waals surface area contributed by atoms with Crippen molar-refractivity contribution in [3.05, 3.63) is 58.1 Å². The Balaban J connectivity index is 1.11. The Kier molecular flexibility index (Phi) is 4.28. The monoisotopic (exact) mass is 485 g/mol. The van der Waals surface area contributed by atoms with Crippen LogP contribution < -0.4 is 4.74 Å². The Morgan fingerprint density at radius 3 is 2.83 bits per heavy atom. The Morgan fingerprint density at radius 2 is 1.91 bits per heavy atom. The van der Waals surface area contributed by atoms with Crippen molar-refractivity contribution in [3.63, 3.8) is 0 Å². The molecule has 5 heteroatoms. The van der Waals surface area contributed by atoms with Gasteiger partial charge in [-0.05, 0) is 104 Å². The zero-order valence-electron chi connectivity index (χ0n) is 20.2. The van der Waals surface area contributed by atoms with Crippen LogP contribution in [0.2, 0.25) is 0 Å². The molecule has 0 unspecified atom stereocenters. The summed E-state index contributed by atoms with van der Waals surface area (Å²) in [7, 11) is 0. The second kappa shape index (κ2) is 7.17. The van der Waals surface area contributed by atoms with E-state index in [2.05, 4.69) is 43.3 Å². The molecule has 0 radical (unpaired) electrons. The van der Waals surface area contributed by atoms with Gasteiger partial charge in [0.2, 0.25) is 0 Å². The Hall–Kier alpha value is -2.24. The minimum Gasteiger partial charge on any atom is -0.426 e. The molecule has 3 fully saturated rings. The first-order valence-corrected chi connectivity index (χ1v) is 14.3. The molecule has 0 N–H and O–H groups in total. The summed E-state index contributed by atoms with van der Waals surface area (Å²) in [5, 5.41) is 1.18. The summed E-state index contributed by atoms with van der Waals surface area (Å²) in [5.41, 5.74) is 5.71. The van der Waals surface area contributed by atoms with Gasteiger partial charge in [-0.15, -0.1) is 11.3 Å². The van der Waals surface area contributed by atoms with Crippen LogP contribution >= 0.6 is 11.3 Å². The number of carbonyl (C=O) groups is 1. The lowest BCUT2D eigenvalue weighted by Crippen LogP contribution is -2.45. The molecule has 0 bridgehead atoms. The molecular weight excluding hydrogens is 454 g/mol. The topological polar surface area (TPSA) is 51.7 Å². The molecule has 8 rings (SSSR count). The van der Waals surface area contributed by atoms with Crippen LogP contribution in [0.3, 0.4) is 0 Å². The molecule has 4 nitrogen and oxygen atoms in total. The predicted octanol–water partition coefficient (Wildman–Crippen LogP) is 6.90. The van der Waals surface area contributed by atoms with Crippen LogP contribution in [0.15, 0.2) is 36.4 Å². The molecule has 2 saturated carbocycles. The number of epoxide rings is 1. The number of thiazole rings is 1. The van der Waals surface area contributed by atoms with E-state index >= 15 is 0 Å². The molecule has 3 aromatic rings. The molecule has 2 aromatic carbocycles. The number of benzene rings is 2. The SMILES string of the molecule is C[C@]12CC[C@@H]3c4ccc5c(c4CC[C@H]3[C@@H]1CC[C@@]21O[C@@H]1c1nc2ccccc2s1)CCCC(=O)O5. The van der Waals surface area contributed by atoms with Crippen molar-refractivity contribution >= 4 is 27.5 Å². The van der Waals surface area contributed by atoms with E-state index in [1.165, 1.54) is 52.9 Å². The summed E-state index contributed by atoms with van der Waals surface area (Å²) in [6.45, 7) is 2.54. The van der Waals surface area contributed by atoms with E-state index in [0.717, 1.165) is 36.4 Å². The average molecular weight is 486 g/mol. The Labute approximate surface area is 210 Å². The molecule has 1 saturated heterocycles. The normalized spacial score (nSPS) is 37.2. The van der Waals surface area contributed by atoms with Crippen LogP contribution in [-0.2, 0) is 22.4 Å². The lowest BCUT2D eigenvalue weighted by Gasteiger charge is -2.50. The highest BCUT2D eigenvalue weighted by molar-refractivity contribution is 7.18. The third-order valence-electron chi connectivity index (χ3n) is 10.4. The van der Waals surface area contributed by atoms with Crippen molar-refractivity contribution in [2.75, 3.05) is 0 Å². The molecule has 5 aliphatic rings. The second-order valence-corrected chi connectivity index (χ2v) is 12.8. The maximum atomic E-state index is 12.0. The minimum atomic E-state index is -0.0748. The van der Waals surface area contributed by atoms with Crippen LogP contribution in [0, 0.1) is 17.3 Å². The quantitative estimate of drug-likeness (QED) is 0.214. The third kappa shape index (κ3) is 2.77. The van der Waals surface area contributed by atoms with Crippen molar-refractivity contribution in [2.24, 2.45) is 17.3 Å². The van der Waals surface area contributed by atoms with E-state index in [4.69, 9.17) is 14.5 Å². The van der Waals surface area contributed by atoms with E-state index in [1.807, 2.05) is 11.3 Å².